The van der Waals surface area contributed by atoms with Gasteiger partial charge in [0.2, 0.25) is 0 Å². The second-order valence-corrected chi connectivity index (χ2v) is 5.75. The van der Waals surface area contributed by atoms with Gasteiger partial charge in [0, 0.05) is 49.5 Å². The molecule has 3 N–H and O–H groups in total. The summed E-state index contributed by atoms with van der Waals surface area (Å²) in [6.45, 7) is 11.4. The molecule has 0 radical (unpaired) electrons. The van der Waals surface area contributed by atoms with Gasteiger partial charge in [0.1, 0.15) is 5.75 Å². The van der Waals surface area contributed by atoms with Crippen LogP contribution in [0.4, 0.5) is 0 Å². The number of hydrogen-bond acceptors (Lipinski definition) is 5. The zero-order valence-corrected chi connectivity index (χ0v) is 12.9. The molecule has 1 fully saturated rings. The molecular weight excluding hydrogens is 266 g/mol. The fourth-order valence-corrected chi connectivity index (χ4v) is 2.89. The summed E-state index contributed by atoms with van der Waals surface area (Å²) in [7, 11) is 0. The van der Waals surface area contributed by atoms with Crippen molar-refractivity contribution in [1.82, 2.24) is 15.2 Å². The van der Waals surface area contributed by atoms with Crippen LogP contribution in [0.25, 0.3) is 0 Å². The van der Waals surface area contributed by atoms with E-state index >= 15 is 0 Å². The van der Waals surface area contributed by atoms with Gasteiger partial charge in [-0.2, -0.15) is 0 Å². The zero-order chi connectivity index (χ0) is 15.4. The Morgan fingerprint density at radius 2 is 2.14 bits per heavy atom. The lowest BCUT2D eigenvalue weighted by molar-refractivity contribution is 0.166. The second-order valence-electron chi connectivity index (χ2n) is 5.75. The summed E-state index contributed by atoms with van der Waals surface area (Å²) in [5.41, 5.74) is 3.16. The van der Waals surface area contributed by atoms with E-state index in [1.54, 1.807) is 13.1 Å². The third-order valence-corrected chi connectivity index (χ3v) is 4.00. The number of hydrogen-bond donors (Lipinski definition) is 3. The Morgan fingerprint density at radius 1 is 1.48 bits per heavy atom. The van der Waals surface area contributed by atoms with Gasteiger partial charge < -0.3 is 15.5 Å². The van der Waals surface area contributed by atoms with E-state index in [1.807, 2.05) is 6.92 Å². The Hall–Kier alpha value is -1.43. The van der Waals surface area contributed by atoms with Gasteiger partial charge in [-0.05, 0) is 20.3 Å². The van der Waals surface area contributed by atoms with Crippen LogP contribution in [0.15, 0.2) is 18.3 Å². The monoisotopic (exact) mass is 291 g/mol. The second kappa shape index (κ2) is 7.02. The number of aliphatic hydroxyl groups is 1. The maximum absolute atomic E-state index is 10.5. The highest BCUT2D eigenvalue weighted by atomic mass is 16.3. The van der Waals surface area contributed by atoms with Crippen LogP contribution >= 0.6 is 0 Å². The minimum atomic E-state index is -0.116. The lowest BCUT2D eigenvalue weighted by atomic mass is 9.93. The van der Waals surface area contributed by atoms with E-state index in [1.165, 1.54) is 0 Å². The van der Waals surface area contributed by atoms with Gasteiger partial charge in [0.05, 0.1) is 12.3 Å². The lowest BCUT2D eigenvalue weighted by Gasteiger charge is -2.36. The number of aliphatic hydroxyl groups excluding tert-OH is 1. The first-order chi connectivity index (χ1) is 10.0. The average molecular weight is 291 g/mol. The molecule has 1 aromatic rings. The van der Waals surface area contributed by atoms with Crippen LogP contribution in [0.3, 0.4) is 0 Å². The Morgan fingerprint density at radius 3 is 2.71 bits per heavy atom. The number of aromatic hydroxyl groups is 1. The zero-order valence-electron chi connectivity index (χ0n) is 12.9. The van der Waals surface area contributed by atoms with Crippen molar-refractivity contribution >= 4 is 0 Å². The lowest BCUT2D eigenvalue weighted by Crippen LogP contribution is -2.45. The van der Waals surface area contributed by atoms with Gasteiger partial charge in [-0.3, -0.25) is 9.88 Å². The highest BCUT2D eigenvalue weighted by Gasteiger charge is 2.27. The molecule has 1 saturated heterocycles. The molecule has 1 aliphatic rings. The minimum absolute atomic E-state index is 0.0356. The van der Waals surface area contributed by atoms with E-state index in [4.69, 9.17) is 0 Å². The molecule has 0 bridgehead atoms. The van der Waals surface area contributed by atoms with Gasteiger partial charge in [0.25, 0.3) is 0 Å². The summed E-state index contributed by atoms with van der Waals surface area (Å²) < 4.78 is 0. The van der Waals surface area contributed by atoms with Gasteiger partial charge in [-0.25, -0.2) is 0 Å². The fraction of sp³-hybridized carbons (Fsp3) is 0.562. The van der Waals surface area contributed by atoms with Crippen LogP contribution in [-0.2, 0) is 6.61 Å². The van der Waals surface area contributed by atoms with Gasteiger partial charge in [-0.1, -0.05) is 5.57 Å². The van der Waals surface area contributed by atoms with E-state index in [-0.39, 0.29) is 18.4 Å². The van der Waals surface area contributed by atoms with Crippen molar-refractivity contribution in [1.29, 1.82) is 0 Å². The van der Waals surface area contributed by atoms with Crippen LogP contribution in [0, 0.1) is 6.92 Å². The summed E-state index contributed by atoms with van der Waals surface area (Å²) in [5, 5.41) is 23.4. The third-order valence-electron chi connectivity index (χ3n) is 4.00. The molecule has 1 aromatic heterocycles. The number of aromatic nitrogens is 1. The average Bonchev–Trinajstić information content (AvgIpc) is 2.48. The molecule has 21 heavy (non-hydrogen) atoms. The maximum Gasteiger partial charge on any atom is 0.141 e. The molecule has 0 aromatic carbocycles. The number of nitrogens with zero attached hydrogens (tertiary/aromatic N) is 2. The van der Waals surface area contributed by atoms with Gasteiger partial charge in [-0.15, -0.1) is 6.58 Å². The normalized spacial score (nSPS) is 17.7. The molecule has 5 heteroatoms. The van der Waals surface area contributed by atoms with Crippen molar-refractivity contribution in [2.24, 2.45) is 0 Å². The number of aryl methyl sites for hydroxylation is 1. The van der Waals surface area contributed by atoms with E-state index in [2.05, 4.69) is 21.8 Å². The third kappa shape index (κ3) is 3.61. The number of nitrogens with one attached hydrogen (secondary N) is 1. The van der Waals surface area contributed by atoms with Crippen molar-refractivity contribution in [3.63, 3.8) is 0 Å². The molecule has 0 aliphatic carbocycles. The number of piperazine rings is 1. The number of pyridine rings is 1. The first-order valence-corrected chi connectivity index (χ1v) is 7.42. The highest BCUT2D eigenvalue weighted by Crippen LogP contribution is 2.37. The molecule has 1 atom stereocenters. The van der Waals surface area contributed by atoms with E-state index in [9.17, 15) is 10.2 Å². The van der Waals surface area contributed by atoms with Gasteiger partial charge >= 0.3 is 0 Å². The Bertz CT molecular complexity index is 510. The summed E-state index contributed by atoms with van der Waals surface area (Å²) >= 11 is 0. The molecule has 116 valence electrons. The summed E-state index contributed by atoms with van der Waals surface area (Å²) in [5.74, 6) is 0.200. The molecule has 0 amide bonds. The van der Waals surface area contributed by atoms with Crippen molar-refractivity contribution in [2.75, 3.05) is 26.2 Å². The van der Waals surface area contributed by atoms with E-state index in [0.717, 1.165) is 43.7 Å². The predicted molar refractivity (Wildman–Crippen MR) is 83.2 cm³/mol. The Labute approximate surface area is 126 Å². The SMILES string of the molecule is C=C(C)C[C@@H](c1c(CO)cnc(C)c1O)N1CCNCC1. The Kier molecular flexibility index (Phi) is 5.33. The van der Waals surface area contributed by atoms with Crippen molar-refractivity contribution in [3.05, 3.63) is 35.2 Å². The number of rotatable bonds is 5. The van der Waals surface area contributed by atoms with E-state index in [0.29, 0.717) is 11.3 Å². The summed E-state index contributed by atoms with van der Waals surface area (Å²) in [6.07, 6.45) is 2.43. The van der Waals surface area contributed by atoms with Crippen LogP contribution < -0.4 is 5.32 Å². The molecule has 2 heterocycles. The molecule has 0 spiro atoms. The standard InChI is InChI=1S/C16H25N3O2/c1-11(2)8-14(19-6-4-17-5-7-19)15-13(10-20)9-18-12(3)16(15)21/h9,14,17,20-21H,1,4-8,10H2,2-3H3/t14-/m0/s1. The smallest absolute Gasteiger partial charge is 0.141 e. The first-order valence-electron chi connectivity index (χ1n) is 7.42. The van der Waals surface area contributed by atoms with Crippen LogP contribution in [0.5, 0.6) is 5.75 Å². The van der Waals surface area contributed by atoms with E-state index < -0.39 is 0 Å². The topological polar surface area (TPSA) is 68.6 Å². The minimum Gasteiger partial charge on any atom is -0.506 e. The quantitative estimate of drug-likeness (QED) is 0.717. The van der Waals surface area contributed by atoms with Crippen LogP contribution in [0.1, 0.15) is 36.2 Å². The summed E-state index contributed by atoms with van der Waals surface area (Å²) in [4.78, 5) is 6.50. The molecule has 2 rings (SSSR count). The molecular formula is C16H25N3O2. The van der Waals surface area contributed by atoms with Crippen molar-refractivity contribution < 1.29 is 10.2 Å². The molecule has 0 saturated carbocycles. The largest absolute Gasteiger partial charge is 0.506 e. The summed E-state index contributed by atoms with van der Waals surface area (Å²) in [6, 6.07) is 0.0356. The molecule has 1 aliphatic heterocycles. The van der Waals surface area contributed by atoms with Crippen LogP contribution in [0.2, 0.25) is 0 Å². The fourth-order valence-electron chi connectivity index (χ4n) is 2.89. The first kappa shape index (κ1) is 15.9. The maximum atomic E-state index is 10.5. The highest BCUT2D eigenvalue weighted by molar-refractivity contribution is 5.43. The van der Waals surface area contributed by atoms with Crippen LogP contribution in [-0.4, -0.2) is 46.3 Å². The molecule has 5 nitrogen and oxygen atoms in total. The van der Waals surface area contributed by atoms with Gasteiger partial charge in [0.15, 0.2) is 0 Å². The van der Waals surface area contributed by atoms with Crippen molar-refractivity contribution in [3.8, 4) is 5.75 Å². The molecule has 0 unspecified atom stereocenters. The Balaban J connectivity index is 2.44. The predicted octanol–water partition coefficient (Wildman–Crippen LogP) is 1.50. The van der Waals surface area contributed by atoms with Crippen molar-refractivity contribution in [2.45, 2.75) is 32.9 Å².